The molecule has 1 heterocycles. The van der Waals surface area contributed by atoms with Crippen molar-refractivity contribution in [3.05, 3.63) is 64.7 Å². The molecule has 0 unspecified atom stereocenters. The van der Waals surface area contributed by atoms with Gasteiger partial charge in [-0.15, -0.1) is 0 Å². The van der Waals surface area contributed by atoms with E-state index in [1.807, 2.05) is 24.3 Å². The fourth-order valence-electron chi connectivity index (χ4n) is 3.10. The first-order valence-electron chi connectivity index (χ1n) is 8.24. The number of piperidine rings is 1. The topological polar surface area (TPSA) is 32.3 Å². The van der Waals surface area contributed by atoms with Crippen molar-refractivity contribution >= 4 is 23.2 Å². The third kappa shape index (κ3) is 4.55. The number of hydrogen-bond donors (Lipinski definition) is 1. The maximum atomic E-state index is 13.3. The maximum Gasteiger partial charge on any atom is 0.228 e. The van der Waals surface area contributed by atoms with Crippen LogP contribution in [0.3, 0.4) is 0 Å². The first-order chi connectivity index (χ1) is 12.0. The van der Waals surface area contributed by atoms with Gasteiger partial charge in [0.25, 0.3) is 0 Å². The second-order valence-corrected chi connectivity index (χ2v) is 6.69. The van der Waals surface area contributed by atoms with Crippen molar-refractivity contribution in [3.63, 3.8) is 0 Å². The van der Waals surface area contributed by atoms with Gasteiger partial charge in [-0.2, -0.15) is 0 Å². The van der Waals surface area contributed by atoms with Crippen LogP contribution in [0.2, 0.25) is 5.02 Å². The minimum atomic E-state index is -0.971. The quantitative estimate of drug-likeness (QED) is 0.868. The Kier molecular flexibility index (Phi) is 5.66. The van der Waals surface area contributed by atoms with E-state index in [4.69, 9.17) is 11.6 Å². The molecular weight excluding hydrogens is 346 g/mol. The SMILES string of the molecule is O=C(Nc1ccc(F)c(F)c1)[C@@H]1CCCN(Cc2ccccc2Cl)C1. The molecule has 6 heteroatoms. The molecule has 25 heavy (non-hydrogen) atoms. The lowest BCUT2D eigenvalue weighted by atomic mass is 9.96. The van der Waals surface area contributed by atoms with Crippen molar-refractivity contribution in [3.8, 4) is 0 Å². The summed E-state index contributed by atoms with van der Waals surface area (Å²) < 4.78 is 26.2. The van der Waals surface area contributed by atoms with E-state index in [-0.39, 0.29) is 17.5 Å². The smallest absolute Gasteiger partial charge is 0.228 e. The molecule has 3 rings (SSSR count). The summed E-state index contributed by atoms with van der Waals surface area (Å²) in [5.74, 6) is -2.26. The molecule has 1 fully saturated rings. The summed E-state index contributed by atoms with van der Waals surface area (Å²) in [6, 6.07) is 11.0. The van der Waals surface area contributed by atoms with Crippen LogP contribution in [0.5, 0.6) is 0 Å². The van der Waals surface area contributed by atoms with E-state index in [0.717, 1.165) is 42.1 Å². The molecule has 0 radical (unpaired) electrons. The fourth-order valence-corrected chi connectivity index (χ4v) is 3.29. The number of carbonyl (C=O) groups excluding carboxylic acids is 1. The number of anilines is 1. The standard InChI is InChI=1S/C19H19ClF2N2O/c20-16-6-2-1-4-13(16)11-24-9-3-5-14(12-24)19(25)23-15-7-8-17(21)18(22)10-15/h1-2,4,6-8,10,14H,3,5,9,11-12H2,(H,23,25)/t14-/m1/s1. The predicted molar refractivity (Wildman–Crippen MR) is 94.4 cm³/mol. The minimum Gasteiger partial charge on any atom is -0.326 e. The molecule has 2 aromatic rings. The Bertz CT molecular complexity index is 769. The number of rotatable bonds is 4. The summed E-state index contributed by atoms with van der Waals surface area (Å²) in [4.78, 5) is 14.6. The number of halogens is 3. The number of carbonyl (C=O) groups is 1. The van der Waals surface area contributed by atoms with Gasteiger partial charge in [0, 0.05) is 29.9 Å². The van der Waals surface area contributed by atoms with Gasteiger partial charge in [0.2, 0.25) is 5.91 Å². The summed E-state index contributed by atoms with van der Waals surface area (Å²) in [6.07, 6.45) is 1.68. The zero-order chi connectivity index (χ0) is 17.8. The second kappa shape index (κ2) is 7.93. The van der Waals surface area contributed by atoms with Gasteiger partial charge in [-0.3, -0.25) is 9.69 Å². The van der Waals surface area contributed by atoms with Crippen molar-refractivity contribution in [2.24, 2.45) is 5.92 Å². The van der Waals surface area contributed by atoms with E-state index < -0.39 is 11.6 Å². The number of nitrogens with zero attached hydrogens (tertiary/aromatic N) is 1. The number of nitrogens with one attached hydrogen (secondary N) is 1. The highest BCUT2D eigenvalue weighted by atomic mass is 35.5. The van der Waals surface area contributed by atoms with Crippen LogP contribution in [-0.4, -0.2) is 23.9 Å². The Balaban J connectivity index is 1.61. The van der Waals surface area contributed by atoms with Gasteiger partial charge < -0.3 is 5.32 Å². The second-order valence-electron chi connectivity index (χ2n) is 6.28. The minimum absolute atomic E-state index is 0.171. The summed E-state index contributed by atoms with van der Waals surface area (Å²) in [5.41, 5.74) is 1.30. The molecule has 1 amide bonds. The number of amides is 1. The molecule has 0 aliphatic carbocycles. The molecule has 1 N–H and O–H groups in total. The van der Waals surface area contributed by atoms with Crippen LogP contribution in [0, 0.1) is 17.6 Å². The third-order valence-corrected chi connectivity index (χ3v) is 4.78. The van der Waals surface area contributed by atoms with Gasteiger partial charge in [0.1, 0.15) is 0 Å². The lowest BCUT2D eigenvalue weighted by molar-refractivity contribution is -0.121. The van der Waals surface area contributed by atoms with E-state index >= 15 is 0 Å². The molecule has 1 atom stereocenters. The summed E-state index contributed by atoms with van der Waals surface area (Å²) in [7, 11) is 0. The highest BCUT2D eigenvalue weighted by Gasteiger charge is 2.26. The summed E-state index contributed by atoms with van der Waals surface area (Å²) in [6.45, 7) is 2.20. The fraction of sp³-hybridized carbons (Fsp3) is 0.316. The zero-order valence-corrected chi connectivity index (χ0v) is 14.4. The van der Waals surface area contributed by atoms with E-state index in [0.29, 0.717) is 13.1 Å². The van der Waals surface area contributed by atoms with Crippen molar-refractivity contribution in [1.82, 2.24) is 4.90 Å². The molecule has 0 saturated carbocycles. The van der Waals surface area contributed by atoms with Crippen molar-refractivity contribution in [2.75, 3.05) is 18.4 Å². The van der Waals surface area contributed by atoms with Gasteiger partial charge >= 0.3 is 0 Å². The van der Waals surface area contributed by atoms with Crippen molar-refractivity contribution < 1.29 is 13.6 Å². The average Bonchev–Trinajstić information content (AvgIpc) is 2.60. The monoisotopic (exact) mass is 364 g/mol. The van der Waals surface area contributed by atoms with Crippen LogP contribution in [0.1, 0.15) is 18.4 Å². The Morgan fingerprint density at radius 1 is 1.20 bits per heavy atom. The first kappa shape index (κ1) is 17.8. The van der Waals surface area contributed by atoms with Crippen LogP contribution >= 0.6 is 11.6 Å². The lowest BCUT2D eigenvalue weighted by Crippen LogP contribution is -2.40. The van der Waals surface area contributed by atoms with Crippen LogP contribution in [-0.2, 0) is 11.3 Å². The average molecular weight is 365 g/mol. The zero-order valence-electron chi connectivity index (χ0n) is 13.6. The molecule has 0 aromatic heterocycles. The molecule has 1 saturated heterocycles. The molecule has 3 nitrogen and oxygen atoms in total. The largest absolute Gasteiger partial charge is 0.326 e. The van der Waals surface area contributed by atoms with Crippen molar-refractivity contribution in [1.29, 1.82) is 0 Å². The van der Waals surface area contributed by atoms with Crippen LogP contribution in [0.4, 0.5) is 14.5 Å². The van der Waals surface area contributed by atoms with Gasteiger partial charge in [-0.25, -0.2) is 8.78 Å². The third-order valence-electron chi connectivity index (χ3n) is 4.42. The van der Waals surface area contributed by atoms with E-state index in [9.17, 15) is 13.6 Å². The van der Waals surface area contributed by atoms with Gasteiger partial charge in [-0.1, -0.05) is 29.8 Å². The highest BCUT2D eigenvalue weighted by molar-refractivity contribution is 6.31. The molecule has 1 aliphatic heterocycles. The maximum absolute atomic E-state index is 13.3. The Hall–Kier alpha value is -1.98. The van der Waals surface area contributed by atoms with Crippen LogP contribution in [0.25, 0.3) is 0 Å². The van der Waals surface area contributed by atoms with Crippen LogP contribution in [0.15, 0.2) is 42.5 Å². The van der Waals surface area contributed by atoms with Gasteiger partial charge in [0.05, 0.1) is 5.92 Å². The number of hydrogen-bond acceptors (Lipinski definition) is 2. The van der Waals surface area contributed by atoms with Gasteiger partial charge in [0.15, 0.2) is 11.6 Å². The number of benzene rings is 2. The Morgan fingerprint density at radius 2 is 2.00 bits per heavy atom. The highest BCUT2D eigenvalue weighted by Crippen LogP contribution is 2.23. The predicted octanol–water partition coefficient (Wildman–Crippen LogP) is 4.47. The van der Waals surface area contributed by atoms with E-state index in [1.54, 1.807) is 0 Å². The summed E-state index contributed by atoms with van der Waals surface area (Å²) >= 11 is 6.21. The molecule has 0 spiro atoms. The number of likely N-dealkylation sites (tertiary alicyclic amines) is 1. The Morgan fingerprint density at radius 3 is 2.76 bits per heavy atom. The van der Waals surface area contributed by atoms with Gasteiger partial charge in [-0.05, 0) is 43.1 Å². The summed E-state index contributed by atoms with van der Waals surface area (Å²) in [5, 5.41) is 3.40. The molecule has 1 aliphatic rings. The lowest BCUT2D eigenvalue weighted by Gasteiger charge is -2.32. The molecule has 0 bridgehead atoms. The van der Waals surface area contributed by atoms with Crippen LogP contribution < -0.4 is 5.32 Å². The Labute approximate surface area is 150 Å². The molecular formula is C19H19ClF2N2O. The van der Waals surface area contributed by atoms with E-state index in [1.165, 1.54) is 6.07 Å². The molecule has 132 valence electrons. The first-order valence-corrected chi connectivity index (χ1v) is 8.62. The van der Waals surface area contributed by atoms with E-state index in [2.05, 4.69) is 10.2 Å². The normalized spacial score (nSPS) is 18.1. The van der Waals surface area contributed by atoms with Crippen molar-refractivity contribution in [2.45, 2.75) is 19.4 Å². The molecule has 2 aromatic carbocycles.